The fourth-order valence-corrected chi connectivity index (χ4v) is 1.70. The SMILES string of the molecule is CCCC(N)c1noc(-c2cc(C)nnc2C)n1. The molecule has 0 aliphatic rings. The first-order valence-corrected chi connectivity index (χ1v) is 6.02. The Balaban J connectivity index is 2.32. The zero-order chi connectivity index (χ0) is 13.1. The van der Waals surface area contributed by atoms with E-state index < -0.39 is 0 Å². The van der Waals surface area contributed by atoms with E-state index in [4.69, 9.17) is 10.3 Å². The quantitative estimate of drug-likeness (QED) is 0.887. The molecule has 1 atom stereocenters. The molecule has 0 amide bonds. The molecule has 18 heavy (non-hydrogen) atoms. The average Bonchev–Trinajstić information content (AvgIpc) is 2.82. The lowest BCUT2D eigenvalue weighted by molar-refractivity contribution is 0.413. The molecule has 2 aromatic heterocycles. The number of hydrogen-bond acceptors (Lipinski definition) is 6. The van der Waals surface area contributed by atoms with E-state index in [-0.39, 0.29) is 6.04 Å². The van der Waals surface area contributed by atoms with Crippen molar-refractivity contribution >= 4 is 0 Å². The van der Waals surface area contributed by atoms with E-state index in [1.54, 1.807) is 0 Å². The minimum Gasteiger partial charge on any atom is -0.334 e. The molecule has 1 unspecified atom stereocenters. The van der Waals surface area contributed by atoms with Crippen LogP contribution in [0.15, 0.2) is 10.6 Å². The summed E-state index contributed by atoms with van der Waals surface area (Å²) < 4.78 is 5.25. The van der Waals surface area contributed by atoms with E-state index in [2.05, 4.69) is 27.3 Å². The smallest absolute Gasteiger partial charge is 0.259 e. The molecule has 2 heterocycles. The predicted molar refractivity (Wildman–Crippen MR) is 66.6 cm³/mol. The van der Waals surface area contributed by atoms with Gasteiger partial charge in [0.15, 0.2) is 5.82 Å². The van der Waals surface area contributed by atoms with Crippen LogP contribution in [0, 0.1) is 13.8 Å². The van der Waals surface area contributed by atoms with Crippen molar-refractivity contribution in [3.8, 4) is 11.5 Å². The van der Waals surface area contributed by atoms with Crippen LogP contribution in [0.5, 0.6) is 0 Å². The van der Waals surface area contributed by atoms with Gasteiger partial charge in [-0.25, -0.2) is 0 Å². The Morgan fingerprint density at radius 1 is 1.33 bits per heavy atom. The van der Waals surface area contributed by atoms with Crippen molar-refractivity contribution in [1.29, 1.82) is 0 Å². The number of hydrogen-bond donors (Lipinski definition) is 1. The van der Waals surface area contributed by atoms with Gasteiger partial charge in [0, 0.05) is 0 Å². The number of aromatic nitrogens is 4. The van der Waals surface area contributed by atoms with Crippen LogP contribution in [0.3, 0.4) is 0 Å². The number of nitrogens with zero attached hydrogens (tertiary/aromatic N) is 4. The Bertz CT molecular complexity index is 537. The summed E-state index contributed by atoms with van der Waals surface area (Å²) in [6.45, 7) is 5.80. The topological polar surface area (TPSA) is 90.7 Å². The first-order valence-electron chi connectivity index (χ1n) is 6.02. The summed E-state index contributed by atoms with van der Waals surface area (Å²) in [7, 11) is 0. The minimum atomic E-state index is -0.177. The fourth-order valence-electron chi connectivity index (χ4n) is 1.70. The summed E-state index contributed by atoms with van der Waals surface area (Å²) in [6.07, 6.45) is 1.82. The van der Waals surface area contributed by atoms with Crippen LogP contribution in [-0.4, -0.2) is 20.3 Å². The second kappa shape index (κ2) is 5.22. The predicted octanol–water partition coefficient (Wildman–Crippen LogP) is 1.94. The van der Waals surface area contributed by atoms with Gasteiger partial charge < -0.3 is 10.3 Å². The lowest BCUT2D eigenvalue weighted by Gasteiger charge is -2.02. The highest BCUT2D eigenvalue weighted by Crippen LogP contribution is 2.22. The second-order valence-corrected chi connectivity index (χ2v) is 4.34. The van der Waals surface area contributed by atoms with E-state index in [0.29, 0.717) is 11.7 Å². The summed E-state index contributed by atoms with van der Waals surface area (Å²) in [6, 6.07) is 1.70. The van der Waals surface area contributed by atoms with Gasteiger partial charge in [0.25, 0.3) is 5.89 Å². The summed E-state index contributed by atoms with van der Waals surface area (Å²) >= 11 is 0. The third-order valence-corrected chi connectivity index (χ3v) is 2.70. The third-order valence-electron chi connectivity index (χ3n) is 2.70. The zero-order valence-electron chi connectivity index (χ0n) is 10.8. The maximum atomic E-state index is 5.95. The van der Waals surface area contributed by atoms with Gasteiger partial charge in [-0.05, 0) is 26.3 Å². The summed E-state index contributed by atoms with van der Waals surface area (Å²) in [5.41, 5.74) is 8.34. The monoisotopic (exact) mass is 247 g/mol. The largest absolute Gasteiger partial charge is 0.334 e. The molecular weight excluding hydrogens is 230 g/mol. The first-order chi connectivity index (χ1) is 8.61. The third kappa shape index (κ3) is 2.53. The van der Waals surface area contributed by atoms with E-state index in [9.17, 15) is 0 Å². The molecule has 0 aliphatic heterocycles. The molecule has 0 radical (unpaired) electrons. The van der Waals surface area contributed by atoms with Crippen LogP contribution in [0.4, 0.5) is 0 Å². The van der Waals surface area contributed by atoms with Crippen molar-refractivity contribution in [1.82, 2.24) is 20.3 Å². The molecule has 0 aliphatic carbocycles. The van der Waals surface area contributed by atoms with Crippen LogP contribution in [0.2, 0.25) is 0 Å². The number of aryl methyl sites for hydroxylation is 2. The van der Waals surface area contributed by atoms with Crippen molar-refractivity contribution in [2.75, 3.05) is 0 Å². The highest BCUT2D eigenvalue weighted by Gasteiger charge is 2.16. The van der Waals surface area contributed by atoms with E-state index in [1.165, 1.54) is 0 Å². The van der Waals surface area contributed by atoms with Crippen molar-refractivity contribution < 1.29 is 4.52 Å². The zero-order valence-corrected chi connectivity index (χ0v) is 10.8. The van der Waals surface area contributed by atoms with Crippen LogP contribution < -0.4 is 5.73 Å². The second-order valence-electron chi connectivity index (χ2n) is 4.34. The Hall–Kier alpha value is -1.82. The van der Waals surface area contributed by atoms with Gasteiger partial charge in [0.1, 0.15) is 0 Å². The highest BCUT2D eigenvalue weighted by atomic mass is 16.5. The minimum absolute atomic E-state index is 0.177. The summed E-state index contributed by atoms with van der Waals surface area (Å²) in [4.78, 5) is 4.33. The van der Waals surface area contributed by atoms with Gasteiger partial charge in [0.05, 0.1) is 23.0 Å². The normalized spacial score (nSPS) is 12.7. The van der Waals surface area contributed by atoms with Crippen molar-refractivity contribution in [2.45, 2.75) is 39.7 Å². The Morgan fingerprint density at radius 2 is 2.11 bits per heavy atom. The lowest BCUT2D eigenvalue weighted by Crippen LogP contribution is -2.11. The molecule has 96 valence electrons. The molecule has 6 nitrogen and oxygen atoms in total. The average molecular weight is 247 g/mol. The van der Waals surface area contributed by atoms with Crippen molar-refractivity contribution in [2.24, 2.45) is 5.73 Å². The Kier molecular flexibility index (Phi) is 3.66. The Morgan fingerprint density at radius 3 is 2.83 bits per heavy atom. The first kappa shape index (κ1) is 12.6. The van der Waals surface area contributed by atoms with Crippen molar-refractivity contribution in [3.63, 3.8) is 0 Å². The molecule has 0 spiro atoms. The van der Waals surface area contributed by atoms with E-state index in [1.807, 2.05) is 19.9 Å². The maximum absolute atomic E-state index is 5.95. The summed E-state index contributed by atoms with van der Waals surface area (Å²) in [5, 5.41) is 11.9. The molecule has 6 heteroatoms. The molecule has 2 aromatic rings. The summed E-state index contributed by atoms with van der Waals surface area (Å²) in [5.74, 6) is 0.993. The fraction of sp³-hybridized carbons (Fsp3) is 0.500. The van der Waals surface area contributed by atoms with Gasteiger partial charge in [-0.3, -0.25) is 0 Å². The molecule has 2 N–H and O–H groups in total. The standard InChI is InChI=1S/C12H17N5O/c1-4-5-10(13)11-14-12(18-17-11)9-6-7(2)15-16-8(9)3/h6,10H,4-5,13H2,1-3H3. The maximum Gasteiger partial charge on any atom is 0.259 e. The molecule has 2 rings (SSSR count). The molecule has 0 aromatic carbocycles. The highest BCUT2D eigenvalue weighted by molar-refractivity contribution is 5.55. The van der Waals surface area contributed by atoms with Gasteiger partial charge in [-0.1, -0.05) is 18.5 Å². The van der Waals surface area contributed by atoms with Crippen LogP contribution in [0.25, 0.3) is 11.5 Å². The lowest BCUT2D eigenvalue weighted by atomic mass is 10.1. The van der Waals surface area contributed by atoms with Gasteiger partial charge in [0.2, 0.25) is 0 Å². The van der Waals surface area contributed by atoms with E-state index >= 15 is 0 Å². The van der Waals surface area contributed by atoms with Crippen molar-refractivity contribution in [3.05, 3.63) is 23.3 Å². The molecular formula is C12H17N5O. The van der Waals surface area contributed by atoms with Gasteiger partial charge in [-0.15, -0.1) is 0 Å². The van der Waals surface area contributed by atoms with Crippen LogP contribution >= 0.6 is 0 Å². The molecule has 0 saturated carbocycles. The number of nitrogens with two attached hydrogens (primary N) is 1. The van der Waals surface area contributed by atoms with E-state index in [0.717, 1.165) is 29.8 Å². The van der Waals surface area contributed by atoms with Crippen LogP contribution in [-0.2, 0) is 0 Å². The Labute approximate surface area is 106 Å². The molecule has 0 bridgehead atoms. The molecule has 0 fully saturated rings. The number of rotatable bonds is 4. The molecule has 0 saturated heterocycles. The van der Waals surface area contributed by atoms with Gasteiger partial charge in [-0.2, -0.15) is 15.2 Å². The van der Waals surface area contributed by atoms with Gasteiger partial charge >= 0.3 is 0 Å². The van der Waals surface area contributed by atoms with Crippen LogP contribution in [0.1, 0.15) is 43.0 Å².